The highest BCUT2D eigenvalue weighted by Gasteiger charge is 2.25. The number of hydrogen-bond donors (Lipinski definition) is 1. The van der Waals surface area contributed by atoms with Gasteiger partial charge in [-0.05, 0) is 41.2 Å². The van der Waals surface area contributed by atoms with Gasteiger partial charge in [-0.15, -0.1) is 0 Å². The van der Waals surface area contributed by atoms with Crippen LogP contribution in [0.1, 0.15) is 43.2 Å². The van der Waals surface area contributed by atoms with Gasteiger partial charge in [0.2, 0.25) is 0 Å². The second-order valence-electron chi connectivity index (χ2n) is 6.34. The molecule has 2 N–H and O–H groups in total. The maximum absolute atomic E-state index is 6.51. The van der Waals surface area contributed by atoms with Crippen molar-refractivity contribution in [3.05, 3.63) is 53.6 Å². The van der Waals surface area contributed by atoms with E-state index in [0.717, 1.165) is 6.42 Å². The van der Waals surface area contributed by atoms with E-state index in [1.54, 1.807) is 0 Å². The zero-order valence-electron chi connectivity index (χ0n) is 12.4. The predicted octanol–water partition coefficient (Wildman–Crippen LogP) is 4.27. The fourth-order valence-electron chi connectivity index (χ4n) is 3.94. The Hall–Kier alpha value is -1.80. The molecule has 0 bridgehead atoms. The maximum Gasteiger partial charge on any atom is 0.0562 e. The fourth-order valence-corrected chi connectivity index (χ4v) is 3.94. The largest absolute Gasteiger partial charge is 0.308 e. The van der Waals surface area contributed by atoms with E-state index < -0.39 is 0 Å². The van der Waals surface area contributed by atoms with Crippen molar-refractivity contribution >= 4 is 5.69 Å². The van der Waals surface area contributed by atoms with Crippen molar-refractivity contribution in [1.82, 2.24) is 0 Å². The molecule has 0 saturated heterocycles. The monoisotopic (exact) mass is 278 g/mol. The van der Waals surface area contributed by atoms with E-state index in [1.807, 2.05) is 0 Å². The van der Waals surface area contributed by atoms with Gasteiger partial charge in [-0.3, -0.25) is 0 Å². The van der Waals surface area contributed by atoms with Gasteiger partial charge in [0, 0.05) is 12.5 Å². The first-order valence-electron chi connectivity index (χ1n) is 8.08. The molecule has 21 heavy (non-hydrogen) atoms. The van der Waals surface area contributed by atoms with Crippen LogP contribution in [0.3, 0.4) is 0 Å². The van der Waals surface area contributed by atoms with E-state index in [1.165, 1.54) is 60.0 Å². The normalized spacial score (nSPS) is 17.4. The maximum atomic E-state index is 6.51. The van der Waals surface area contributed by atoms with Crippen LogP contribution in [0.4, 0.5) is 5.69 Å². The number of hydrazine groups is 1. The van der Waals surface area contributed by atoms with Crippen LogP contribution in [0, 0.1) is 0 Å². The van der Waals surface area contributed by atoms with Crippen LogP contribution in [-0.4, -0.2) is 6.04 Å². The molecule has 2 aromatic rings. The van der Waals surface area contributed by atoms with E-state index in [4.69, 9.17) is 5.84 Å². The lowest BCUT2D eigenvalue weighted by Crippen LogP contribution is -2.42. The van der Waals surface area contributed by atoms with Crippen LogP contribution >= 0.6 is 0 Å². The van der Waals surface area contributed by atoms with Crippen molar-refractivity contribution in [3.8, 4) is 11.1 Å². The highest BCUT2D eigenvalue weighted by atomic mass is 15.4. The van der Waals surface area contributed by atoms with Crippen LogP contribution in [0.15, 0.2) is 42.5 Å². The average molecular weight is 278 g/mol. The highest BCUT2D eigenvalue weighted by Crippen LogP contribution is 2.41. The summed E-state index contributed by atoms with van der Waals surface area (Å²) in [5.74, 6) is 6.51. The molecule has 0 heterocycles. The molecule has 0 aromatic heterocycles. The minimum Gasteiger partial charge on any atom is -0.308 e. The third kappa shape index (κ3) is 2.14. The number of hydrogen-bond acceptors (Lipinski definition) is 2. The summed E-state index contributed by atoms with van der Waals surface area (Å²) in [6.45, 7) is 0. The predicted molar refractivity (Wildman–Crippen MR) is 88.2 cm³/mol. The molecule has 0 aliphatic heterocycles. The molecular weight excluding hydrogens is 256 g/mol. The molecule has 2 nitrogen and oxygen atoms in total. The van der Waals surface area contributed by atoms with Crippen molar-refractivity contribution in [1.29, 1.82) is 0 Å². The first kappa shape index (κ1) is 12.9. The molecule has 0 atom stereocenters. The van der Waals surface area contributed by atoms with Gasteiger partial charge >= 0.3 is 0 Å². The van der Waals surface area contributed by atoms with Crippen LogP contribution < -0.4 is 10.9 Å². The molecule has 108 valence electrons. The van der Waals surface area contributed by atoms with Crippen molar-refractivity contribution in [2.24, 2.45) is 5.84 Å². The van der Waals surface area contributed by atoms with Crippen LogP contribution in [0.2, 0.25) is 0 Å². The summed E-state index contributed by atoms with van der Waals surface area (Å²) in [5.41, 5.74) is 6.82. The summed E-state index contributed by atoms with van der Waals surface area (Å²) >= 11 is 0. The Morgan fingerprint density at radius 2 is 1.62 bits per heavy atom. The van der Waals surface area contributed by atoms with Crippen molar-refractivity contribution in [2.75, 3.05) is 5.01 Å². The van der Waals surface area contributed by atoms with Crippen molar-refractivity contribution < 1.29 is 0 Å². The summed E-state index contributed by atoms with van der Waals surface area (Å²) in [6.07, 6.45) is 7.46. The van der Waals surface area contributed by atoms with Crippen LogP contribution in [-0.2, 0) is 6.42 Å². The van der Waals surface area contributed by atoms with Crippen LogP contribution in [0.25, 0.3) is 11.1 Å². The number of anilines is 1. The molecule has 1 saturated carbocycles. The van der Waals surface area contributed by atoms with Gasteiger partial charge in [0.15, 0.2) is 0 Å². The molecule has 2 aromatic carbocycles. The quantitative estimate of drug-likeness (QED) is 0.560. The molecule has 2 aliphatic rings. The van der Waals surface area contributed by atoms with E-state index >= 15 is 0 Å². The van der Waals surface area contributed by atoms with E-state index in [0.29, 0.717) is 6.04 Å². The smallest absolute Gasteiger partial charge is 0.0562 e. The molecule has 0 spiro atoms. The molecule has 1 fully saturated rings. The molecule has 4 rings (SSSR count). The second-order valence-corrected chi connectivity index (χ2v) is 6.34. The van der Waals surface area contributed by atoms with E-state index in [-0.39, 0.29) is 0 Å². The minimum absolute atomic E-state index is 0.508. The fraction of sp³-hybridized carbons (Fsp3) is 0.368. The Morgan fingerprint density at radius 3 is 2.48 bits per heavy atom. The summed E-state index contributed by atoms with van der Waals surface area (Å²) in [7, 11) is 0. The number of nitrogens with two attached hydrogens (primary N) is 1. The highest BCUT2D eigenvalue weighted by molar-refractivity contribution is 5.82. The molecule has 0 amide bonds. The lowest BCUT2D eigenvalue weighted by atomic mass is 9.94. The van der Waals surface area contributed by atoms with Gasteiger partial charge in [-0.25, -0.2) is 5.84 Å². The lowest BCUT2D eigenvalue weighted by molar-refractivity contribution is 0.417. The summed E-state index contributed by atoms with van der Waals surface area (Å²) in [4.78, 5) is 0. The first-order valence-corrected chi connectivity index (χ1v) is 8.08. The van der Waals surface area contributed by atoms with Crippen LogP contribution in [0.5, 0.6) is 0 Å². The molecule has 0 unspecified atom stereocenters. The Morgan fingerprint density at radius 1 is 0.857 bits per heavy atom. The summed E-state index contributed by atoms with van der Waals surface area (Å²) in [6, 6.07) is 15.8. The number of nitrogens with zero attached hydrogens (tertiary/aromatic N) is 1. The first-order chi connectivity index (χ1) is 10.3. The topological polar surface area (TPSA) is 29.3 Å². The number of fused-ring (bicyclic) bond motifs is 3. The van der Waals surface area contributed by atoms with Gasteiger partial charge in [0.1, 0.15) is 0 Å². The van der Waals surface area contributed by atoms with Gasteiger partial charge in [-0.1, -0.05) is 55.7 Å². The summed E-state index contributed by atoms with van der Waals surface area (Å²) in [5, 5.41) is 2.06. The standard InChI is InChI=1S/C19H22N2/c20-21(15-8-2-1-3-9-15)19-12-6-11-17-16-10-5-4-7-14(16)13-18(17)19/h4-7,10-12,15H,1-3,8-9,13,20H2. The lowest BCUT2D eigenvalue weighted by Gasteiger charge is -2.33. The molecular formula is C19H22N2. The zero-order valence-corrected chi connectivity index (χ0v) is 12.4. The van der Waals surface area contributed by atoms with E-state index in [2.05, 4.69) is 47.5 Å². The van der Waals surface area contributed by atoms with Gasteiger partial charge in [-0.2, -0.15) is 0 Å². The van der Waals surface area contributed by atoms with Crippen molar-refractivity contribution in [3.63, 3.8) is 0 Å². The molecule has 2 heteroatoms. The Labute approximate surface area is 126 Å². The van der Waals surface area contributed by atoms with Gasteiger partial charge < -0.3 is 5.01 Å². The zero-order chi connectivity index (χ0) is 14.2. The van der Waals surface area contributed by atoms with Gasteiger partial charge in [0.25, 0.3) is 0 Å². The number of benzene rings is 2. The SMILES string of the molecule is NN(c1cccc2c1Cc1ccccc1-2)C1CCCCC1. The average Bonchev–Trinajstić information content (AvgIpc) is 2.94. The Bertz CT molecular complexity index is 656. The second kappa shape index (κ2) is 5.19. The third-order valence-electron chi connectivity index (χ3n) is 5.07. The molecule has 0 radical (unpaired) electrons. The van der Waals surface area contributed by atoms with E-state index in [9.17, 15) is 0 Å². The third-order valence-corrected chi connectivity index (χ3v) is 5.07. The number of rotatable bonds is 2. The van der Waals surface area contributed by atoms with Crippen molar-refractivity contribution in [2.45, 2.75) is 44.6 Å². The van der Waals surface area contributed by atoms with Gasteiger partial charge in [0.05, 0.1) is 5.69 Å². The minimum atomic E-state index is 0.508. The Kier molecular flexibility index (Phi) is 3.19. The molecule has 2 aliphatic carbocycles. The summed E-state index contributed by atoms with van der Waals surface area (Å²) < 4.78 is 0. The Balaban J connectivity index is 1.72.